The van der Waals surface area contributed by atoms with Crippen LogP contribution >= 0.6 is 0 Å². The lowest BCUT2D eigenvalue weighted by molar-refractivity contribution is -0.120. The monoisotopic (exact) mass is 280 g/mol. The van der Waals surface area contributed by atoms with Crippen LogP contribution in [0.1, 0.15) is 33.1 Å². The zero-order valence-electron chi connectivity index (χ0n) is 12.2. The molecule has 0 aromatic carbocycles. The lowest BCUT2D eigenvalue weighted by atomic mass is 10.2. The van der Waals surface area contributed by atoms with Gasteiger partial charge in [-0.15, -0.1) is 0 Å². The third-order valence-corrected chi connectivity index (χ3v) is 3.13. The van der Waals surface area contributed by atoms with Crippen molar-refractivity contribution in [2.45, 2.75) is 39.2 Å². The van der Waals surface area contributed by atoms with E-state index in [-0.39, 0.29) is 18.6 Å². The van der Waals surface area contributed by atoms with Gasteiger partial charge in [-0.05, 0) is 32.4 Å². The summed E-state index contributed by atoms with van der Waals surface area (Å²) in [5.41, 5.74) is 0. The van der Waals surface area contributed by atoms with Gasteiger partial charge in [0.25, 0.3) is 0 Å². The van der Waals surface area contributed by atoms with Crippen LogP contribution in [0.2, 0.25) is 0 Å². The highest BCUT2D eigenvalue weighted by atomic mass is 16.3. The zero-order valence-corrected chi connectivity index (χ0v) is 12.2. The number of carbonyl (C=O) groups is 1. The maximum atomic E-state index is 12.2. The van der Waals surface area contributed by atoms with Crippen LogP contribution in [0.25, 0.3) is 0 Å². The van der Waals surface area contributed by atoms with Crippen molar-refractivity contribution in [1.29, 1.82) is 0 Å². The molecule has 1 atom stereocenters. The number of aromatic nitrogens is 2. The first-order valence-corrected chi connectivity index (χ1v) is 7.11. The zero-order chi connectivity index (χ0) is 14.8. The van der Waals surface area contributed by atoms with Gasteiger partial charge in [0.15, 0.2) is 0 Å². The third kappa shape index (κ3) is 5.63. The summed E-state index contributed by atoms with van der Waals surface area (Å²) in [6.07, 6.45) is 5.96. The van der Waals surface area contributed by atoms with Crippen molar-refractivity contribution in [3.63, 3.8) is 0 Å². The Kier molecular flexibility index (Phi) is 7.75. The van der Waals surface area contributed by atoms with Crippen LogP contribution in [0.4, 0.5) is 5.95 Å². The summed E-state index contributed by atoms with van der Waals surface area (Å²) in [6.45, 7) is 5.68. The summed E-state index contributed by atoms with van der Waals surface area (Å²) in [5, 5.41) is 11.7. The number of aliphatic hydroxyl groups is 1. The van der Waals surface area contributed by atoms with Gasteiger partial charge in [-0.2, -0.15) is 0 Å². The highest BCUT2D eigenvalue weighted by Gasteiger charge is 2.21. The molecule has 0 saturated carbocycles. The standard InChI is InChI=1S/C14H24N4O2/c1-3-4-9-18(10-6-11-19)12(2)13(20)17-14-15-7-5-8-16-14/h5,7-8,12,19H,3-4,6,9-11H2,1-2H3,(H,15,16,17,20). The molecule has 112 valence electrons. The van der Waals surface area contributed by atoms with Crippen LogP contribution in [-0.4, -0.2) is 51.6 Å². The number of rotatable bonds is 9. The molecule has 1 amide bonds. The van der Waals surface area contributed by atoms with Gasteiger partial charge < -0.3 is 5.11 Å². The van der Waals surface area contributed by atoms with E-state index in [2.05, 4.69) is 27.1 Å². The Balaban J connectivity index is 2.57. The van der Waals surface area contributed by atoms with E-state index in [1.165, 1.54) is 0 Å². The molecular weight excluding hydrogens is 256 g/mol. The fourth-order valence-electron chi connectivity index (χ4n) is 1.88. The first-order chi connectivity index (χ1) is 9.69. The molecule has 0 bridgehead atoms. The Morgan fingerprint density at radius 3 is 2.60 bits per heavy atom. The summed E-state index contributed by atoms with van der Waals surface area (Å²) in [4.78, 5) is 22.2. The van der Waals surface area contributed by atoms with Crippen molar-refractivity contribution in [3.8, 4) is 0 Å². The normalized spacial score (nSPS) is 12.4. The molecule has 0 aliphatic rings. The van der Waals surface area contributed by atoms with E-state index in [1.807, 2.05) is 6.92 Å². The van der Waals surface area contributed by atoms with Crippen LogP contribution < -0.4 is 5.32 Å². The molecule has 1 heterocycles. The van der Waals surface area contributed by atoms with Gasteiger partial charge >= 0.3 is 0 Å². The number of nitrogens with zero attached hydrogens (tertiary/aromatic N) is 3. The van der Waals surface area contributed by atoms with E-state index in [0.29, 0.717) is 18.9 Å². The Hall–Kier alpha value is -1.53. The van der Waals surface area contributed by atoms with E-state index < -0.39 is 0 Å². The molecule has 6 heteroatoms. The van der Waals surface area contributed by atoms with Gasteiger partial charge in [-0.25, -0.2) is 9.97 Å². The van der Waals surface area contributed by atoms with Crippen LogP contribution in [0.5, 0.6) is 0 Å². The fraction of sp³-hybridized carbons (Fsp3) is 0.643. The maximum Gasteiger partial charge on any atom is 0.243 e. The summed E-state index contributed by atoms with van der Waals surface area (Å²) in [6, 6.07) is 1.44. The lowest BCUT2D eigenvalue weighted by Crippen LogP contribution is -2.43. The van der Waals surface area contributed by atoms with Crippen molar-refractivity contribution in [1.82, 2.24) is 14.9 Å². The molecule has 1 aromatic rings. The first-order valence-electron chi connectivity index (χ1n) is 7.11. The maximum absolute atomic E-state index is 12.2. The summed E-state index contributed by atoms with van der Waals surface area (Å²) in [7, 11) is 0. The van der Waals surface area contributed by atoms with Gasteiger partial charge in [0.1, 0.15) is 0 Å². The number of unbranched alkanes of at least 4 members (excludes halogenated alkanes) is 1. The van der Waals surface area contributed by atoms with Crippen LogP contribution in [0, 0.1) is 0 Å². The third-order valence-electron chi connectivity index (χ3n) is 3.13. The van der Waals surface area contributed by atoms with Gasteiger partial charge in [0.2, 0.25) is 11.9 Å². The van der Waals surface area contributed by atoms with Gasteiger partial charge in [0, 0.05) is 25.5 Å². The molecule has 20 heavy (non-hydrogen) atoms. The largest absolute Gasteiger partial charge is 0.396 e. The van der Waals surface area contributed by atoms with E-state index in [1.54, 1.807) is 18.5 Å². The second-order valence-electron chi connectivity index (χ2n) is 4.70. The highest BCUT2D eigenvalue weighted by Crippen LogP contribution is 2.06. The van der Waals surface area contributed by atoms with Crippen molar-refractivity contribution in [2.24, 2.45) is 0 Å². The molecule has 2 N–H and O–H groups in total. The molecule has 6 nitrogen and oxygen atoms in total. The van der Waals surface area contributed by atoms with Gasteiger partial charge in [-0.3, -0.25) is 15.0 Å². The quantitative estimate of drug-likeness (QED) is 0.712. The molecule has 0 fully saturated rings. The summed E-state index contributed by atoms with van der Waals surface area (Å²) in [5.74, 6) is 0.201. The number of hydrogen-bond acceptors (Lipinski definition) is 5. The minimum absolute atomic E-state index is 0.120. The molecule has 1 aromatic heterocycles. The number of aliphatic hydroxyl groups excluding tert-OH is 1. The second kappa shape index (κ2) is 9.39. The number of amides is 1. The highest BCUT2D eigenvalue weighted by molar-refractivity contribution is 5.93. The van der Waals surface area contributed by atoms with Crippen molar-refractivity contribution in [2.75, 3.05) is 25.0 Å². The summed E-state index contributed by atoms with van der Waals surface area (Å²) >= 11 is 0. The average Bonchev–Trinajstić information content (AvgIpc) is 2.48. The molecule has 0 aliphatic carbocycles. The average molecular weight is 280 g/mol. The number of hydrogen-bond donors (Lipinski definition) is 2. The molecule has 0 radical (unpaired) electrons. The smallest absolute Gasteiger partial charge is 0.243 e. The van der Waals surface area contributed by atoms with Crippen LogP contribution in [-0.2, 0) is 4.79 Å². The molecular formula is C14H24N4O2. The van der Waals surface area contributed by atoms with Gasteiger partial charge in [-0.1, -0.05) is 13.3 Å². The van der Waals surface area contributed by atoms with Crippen LogP contribution in [0.15, 0.2) is 18.5 Å². The fourth-order valence-corrected chi connectivity index (χ4v) is 1.88. The van der Waals surface area contributed by atoms with E-state index in [4.69, 9.17) is 5.11 Å². The molecule has 0 aliphatic heterocycles. The van der Waals surface area contributed by atoms with E-state index in [0.717, 1.165) is 19.4 Å². The minimum Gasteiger partial charge on any atom is -0.396 e. The van der Waals surface area contributed by atoms with Crippen molar-refractivity contribution in [3.05, 3.63) is 18.5 Å². The number of carbonyl (C=O) groups excluding carboxylic acids is 1. The molecule has 0 spiro atoms. The second-order valence-corrected chi connectivity index (χ2v) is 4.70. The lowest BCUT2D eigenvalue weighted by Gasteiger charge is -2.27. The Morgan fingerprint density at radius 2 is 2.00 bits per heavy atom. The van der Waals surface area contributed by atoms with Gasteiger partial charge in [0.05, 0.1) is 6.04 Å². The van der Waals surface area contributed by atoms with Crippen molar-refractivity contribution < 1.29 is 9.90 Å². The molecule has 1 rings (SSSR count). The molecule has 0 saturated heterocycles. The number of nitrogens with one attached hydrogen (secondary N) is 1. The van der Waals surface area contributed by atoms with Crippen LogP contribution in [0.3, 0.4) is 0 Å². The topological polar surface area (TPSA) is 78.4 Å². The van der Waals surface area contributed by atoms with Crippen molar-refractivity contribution >= 4 is 11.9 Å². The minimum atomic E-state index is -0.267. The predicted octanol–water partition coefficient (Wildman–Crippen LogP) is 1.29. The van der Waals surface area contributed by atoms with E-state index in [9.17, 15) is 4.79 Å². The first kappa shape index (κ1) is 16.5. The molecule has 1 unspecified atom stereocenters. The summed E-state index contributed by atoms with van der Waals surface area (Å²) < 4.78 is 0. The van der Waals surface area contributed by atoms with E-state index >= 15 is 0 Å². The SMILES string of the molecule is CCCCN(CCCO)C(C)C(=O)Nc1ncccn1. The Labute approximate surface area is 120 Å². The number of anilines is 1. The Bertz CT molecular complexity index is 378. The Morgan fingerprint density at radius 1 is 1.35 bits per heavy atom. The predicted molar refractivity (Wildman–Crippen MR) is 78.3 cm³/mol.